The molecule has 1 aliphatic rings. The Balaban J connectivity index is 1.31. The standard InChI is InChI=1S/C20H21FN6/c21-17-5-3-16(4-6-17)2-1-9-26-10-11-27-19(15-26)12-18(25-27)13-24-20-14-22-7-8-23-20/h1-8,12,14H,9-11,13,15H2,(H,23,24)/b2-1+. The summed E-state index contributed by atoms with van der Waals surface area (Å²) in [6.45, 7) is 4.19. The quantitative estimate of drug-likeness (QED) is 0.729. The van der Waals surface area contributed by atoms with Crippen molar-refractivity contribution in [3.05, 3.63) is 77.8 Å². The zero-order chi connectivity index (χ0) is 18.5. The van der Waals surface area contributed by atoms with Gasteiger partial charge in [0.15, 0.2) is 0 Å². The normalized spacial score (nSPS) is 14.4. The van der Waals surface area contributed by atoms with Gasteiger partial charge >= 0.3 is 0 Å². The molecule has 6 nitrogen and oxygen atoms in total. The minimum atomic E-state index is -0.207. The van der Waals surface area contributed by atoms with Crippen LogP contribution in [0.3, 0.4) is 0 Å². The van der Waals surface area contributed by atoms with Gasteiger partial charge in [-0.25, -0.2) is 9.37 Å². The van der Waals surface area contributed by atoms with Gasteiger partial charge in [0.2, 0.25) is 0 Å². The van der Waals surface area contributed by atoms with Crippen molar-refractivity contribution in [2.75, 3.05) is 18.4 Å². The lowest BCUT2D eigenvalue weighted by Crippen LogP contribution is -2.33. The van der Waals surface area contributed by atoms with Gasteiger partial charge in [0, 0.05) is 32.0 Å². The second kappa shape index (κ2) is 8.09. The summed E-state index contributed by atoms with van der Waals surface area (Å²) in [6.07, 6.45) is 9.17. The summed E-state index contributed by atoms with van der Waals surface area (Å²) in [5.74, 6) is 0.539. The van der Waals surface area contributed by atoms with E-state index in [0.29, 0.717) is 6.54 Å². The maximum Gasteiger partial charge on any atom is 0.144 e. The number of halogens is 1. The van der Waals surface area contributed by atoms with Gasteiger partial charge in [0.1, 0.15) is 11.6 Å². The molecule has 0 spiro atoms. The number of hydrogen-bond acceptors (Lipinski definition) is 5. The van der Waals surface area contributed by atoms with E-state index in [-0.39, 0.29) is 5.82 Å². The van der Waals surface area contributed by atoms with E-state index in [2.05, 4.69) is 42.1 Å². The number of benzene rings is 1. The van der Waals surface area contributed by atoms with Crippen LogP contribution in [0, 0.1) is 5.82 Å². The molecule has 2 aromatic heterocycles. The van der Waals surface area contributed by atoms with Crippen LogP contribution >= 0.6 is 0 Å². The SMILES string of the molecule is Fc1ccc(/C=C/CN2CCn3nc(CNc4cnccn4)cc3C2)cc1. The van der Waals surface area contributed by atoms with E-state index in [1.807, 2.05) is 6.08 Å². The molecular formula is C20H21FN6. The van der Waals surface area contributed by atoms with Gasteiger partial charge in [-0.05, 0) is 23.8 Å². The van der Waals surface area contributed by atoms with E-state index < -0.39 is 0 Å². The number of nitrogens with one attached hydrogen (secondary N) is 1. The van der Waals surface area contributed by atoms with Crippen LogP contribution in [-0.4, -0.2) is 37.7 Å². The summed E-state index contributed by atoms with van der Waals surface area (Å²) in [4.78, 5) is 10.6. The van der Waals surface area contributed by atoms with E-state index in [1.165, 1.54) is 17.8 Å². The monoisotopic (exact) mass is 364 g/mol. The summed E-state index contributed by atoms with van der Waals surface area (Å²) in [6, 6.07) is 8.67. The predicted molar refractivity (Wildman–Crippen MR) is 102 cm³/mol. The molecule has 0 bridgehead atoms. The fourth-order valence-corrected chi connectivity index (χ4v) is 3.11. The Labute approximate surface area is 157 Å². The van der Waals surface area contributed by atoms with Crippen LogP contribution in [0.4, 0.5) is 10.2 Å². The van der Waals surface area contributed by atoms with E-state index in [1.54, 1.807) is 30.7 Å². The Hall–Kier alpha value is -3.06. The maximum absolute atomic E-state index is 12.9. The highest BCUT2D eigenvalue weighted by atomic mass is 19.1. The number of fused-ring (bicyclic) bond motifs is 1. The third-order valence-electron chi connectivity index (χ3n) is 4.49. The molecule has 0 fully saturated rings. The van der Waals surface area contributed by atoms with Crippen LogP contribution in [0.1, 0.15) is 17.0 Å². The van der Waals surface area contributed by atoms with Gasteiger partial charge in [0.05, 0.1) is 30.7 Å². The van der Waals surface area contributed by atoms with Crippen molar-refractivity contribution in [2.45, 2.75) is 19.6 Å². The number of rotatable bonds is 6. The van der Waals surface area contributed by atoms with Gasteiger partial charge in [0.25, 0.3) is 0 Å². The predicted octanol–water partition coefficient (Wildman–Crippen LogP) is 2.95. The molecule has 3 aromatic rings. The van der Waals surface area contributed by atoms with Crippen molar-refractivity contribution in [3.63, 3.8) is 0 Å². The molecule has 138 valence electrons. The van der Waals surface area contributed by atoms with Crippen LogP contribution in [0.5, 0.6) is 0 Å². The Morgan fingerprint density at radius 3 is 2.85 bits per heavy atom. The van der Waals surface area contributed by atoms with E-state index >= 15 is 0 Å². The summed E-state index contributed by atoms with van der Waals surface area (Å²) >= 11 is 0. The molecule has 3 heterocycles. The van der Waals surface area contributed by atoms with Crippen molar-refractivity contribution in [1.29, 1.82) is 0 Å². The van der Waals surface area contributed by atoms with Crippen molar-refractivity contribution in [2.24, 2.45) is 0 Å². The zero-order valence-electron chi connectivity index (χ0n) is 14.9. The Bertz CT molecular complexity index is 904. The Kier molecular flexibility index (Phi) is 5.20. The second-order valence-electron chi connectivity index (χ2n) is 6.48. The van der Waals surface area contributed by atoms with Gasteiger partial charge in [-0.1, -0.05) is 24.3 Å². The van der Waals surface area contributed by atoms with Crippen LogP contribution in [-0.2, 0) is 19.6 Å². The molecule has 0 aliphatic carbocycles. The van der Waals surface area contributed by atoms with Crippen molar-refractivity contribution in [3.8, 4) is 0 Å². The minimum absolute atomic E-state index is 0.207. The van der Waals surface area contributed by atoms with Crippen LogP contribution in [0.25, 0.3) is 6.08 Å². The van der Waals surface area contributed by atoms with Crippen LogP contribution < -0.4 is 5.32 Å². The second-order valence-corrected chi connectivity index (χ2v) is 6.48. The van der Waals surface area contributed by atoms with E-state index in [9.17, 15) is 4.39 Å². The highest BCUT2D eigenvalue weighted by Crippen LogP contribution is 2.15. The fraction of sp³-hybridized carbons (Fsp3) is 0.250. The molecule has 7 heteroatoms. The smallest absolute Gasteiger partial charge is 0.144 e. The average Bonchev–Trinajstić information content (AvgIpc) is 3.11. The van der Waals surface area contributed by atoms with E-state index in [4.69, 9.17) is 0 Å². The number of nitrogens with zero attached hydrogens (tertiary/aromatic N) is 5. The molecule has 0 unspecified atom stereocenters. The molecule has 4 rings (SSSR count). The first-order valence-electron chi connectivity index (χ1n) is 8.96. The molecule has 27 heavy (non-hydrogen) atoms. The lowest BCUT2D eigenvalue weighted by atomic mass is 10.2. The van der Waals surface area contributed by atoms with Crippen LogP contribution in [0.15, 0.2) is 55.0 Å². The molecule has 0 saturated heterocycles. The lowest BCUT2D eigenvalue weighted by Gasteiger charge is -2.26. The summed E-state index contributed by atoms with van der Waals surface area (Å²) in [5.41, 5.74) is 3.22. The van der Waals surface area contributed by atoms with Gasteiger partial charge < -0.3 is 5.32 Å². The number of aromatic nitrogens is 4. The van der Waals surface area contributed by atoms with Crippen molar-refractivity contribution >= 4 is 11.9 Å². The largest absolute Gasteiger partial charge is 0.363 e. The first-order chi connectivity index (χ1) is 13.3. The van der Waals surface area contributed by atoms with Gasteiger partial charge in [-0.2, -0.15) is 5.10 Å². The molecule has 0 amide bonds. The molecule has 1 N–H and O–H groups in total. The molecule has 1 aliphatic heterocycles. The minimum Gasteiger partial charge on any atom is -0.363 e. The Morgan fingerprint density at radius 2 is 2.04 bits per heavy atom. The first-order valence-corrected chi connectivity index (χ1v) is 8.96. The summed E-state index contributed by atoms with van der Waals surface area (Å²) in [7, 11) is 0. The number of hydrogen-bond donors (Lipinski definition) is 1. The third-order valence-corrected chi connectivity index (χ3v) is 4.49. The molecule has 1 aromatic carbocycles. The average molecular weight is 364 g/mol. The molecule has 0 radical (unpaired) electrons. The highest BCUT2D eigenvalue weighted by Gasteiger charge is 2.17. The lowest BCUT2D eigenvalue weighted by molar-refractivity contribution is 0.235. The molecule has 0 atom stereocenters. The first kappa shape index (κ1) is 17.4. The third kappa shape index (κ3) is 4.57. The summed E-state index contributed by atoms with van der Waals surface area (Å²) in [5, 5.41) is 7.90. The van der Waals surface area contributed by atoms with Gasteiger partial charge in [-0.15, -0.1) is 0 Å². The maximum atomic E-state index is 12.9. The van der Waals surface area contributed by atoms with Crippen molar-refractivity contribution in [1.82, 2.24) is 24.6 Å². The topological polar surface area (TPSA) is 58.9 Å². The molecular weight excluding hydrogens is 343 g/mol. The fourth-order valence-electron chi connectivity index (χ4n) is 3.11. The van der Waals surface area contributed by atoms with Crippen LogP contribution in [0.2, 0.25) is 0 Å². The van der Waals surface area contributed by atoms with Crippen molar-refractivity contribution < 1.29 is 4.39 Å². The van der Waals surface area contributed by atoms with Gasteiger partial charge in [-0.3, -0.25) is 14.6 Å². The zero-order valence-corrected chi connectivity index (χ0v) is 14.9. The highest BCUT2D eigenvalue weighted by molar-refractivity contribution is 5.49. The van der Waals surface area contributed by atoms with E-state index in [0.717, 1.165) is 43.3 Å². The number of anilines is 1. The molecule has 0 saturated carbocycles. The Morgan fingerprint density at radius 1 is 1.15 bits per heavy atom. The summed E-state index contributed by atoms with van der Waals surface area (Å²) < 4.78 is 15.0.